The summed E-state index contributed by atoms with van der Waals surface area (Å²) in [4.78, 5) is 14.4. The maximum absolute atomic E-state index is 12.5. The van der Waals surface area contributed by atoms with E-state index in [1.54, 1.807) is 18.2 Å². The number of halogens is 1. The SMILES string of the molecule is Cc1ccc(NC2CCN(C(=O)/C=C\c3cc(Cl)c4c(c3)OCO4)CC2)cc1. The van der Waals surface area contributed by atoms with E-state index in [4.69, 9.17) is 21.1 Å². The molecule has 0 aromatic heterocycles. The second-order valence-corrected chi connectivity index (χ2v) is 7.59. The van der Waals surface area contributed by atoms with Crippen LogP contribution in [0.25, 0.3) is 6.08 Å². The maximum atomic E-state index is 12.5. The fourth-order valence-electron chi connectivity index (χ4n) is 3.49. The predicted molar refractivity (Wildman–Crippen MR) is 111 cm³/mol. The summed E-state index contributed by atoms with van der Waals surface area (Å²) in [6, 6.07) is 12.4. The Kier molecular flexibility index (Phi) is 5.44. The van der Waals surface area contributed by atoms with Crippen LogP contribution in [0.4, 0.5) is 5.69 Å². The summed E-state index contributed by atoms with van der Waals surface area (Å²) in [6.45, 7) is 3.74. The number of amides is 1. The lowest BCUT2D eigenvalue weighted by molar-refractivity contribution is -0.126. The molecule has 2 aromatic carbocycles. The van der Waals surface area contributed by atoms with Crippen molar-refractivity contribution in [1.82, 2.24) is 4.90 Å². The molecular weight excluding hydrogens is 376 g/mol. The first-order valence-electron chi connectivity index (χ1n) is 9.48. The minimum atomic E-state index is 0.0163. The highest BCUT2D eigenvalue weighted by atomic mass is 35.5. The molecule has 0 bridgehead atoms. The number of anilines is 1. The lowest BCUT2D eigenvalue weighted by Gasteiger charge is -2.32. The topological polar surface area (TPSA) is 50.8 Å². The van der Waals surface area contributed by atoms with Gasteiger partial charge in [0.25, 0.3) is 0 Å². The first-order valence-corrected chi connectivity index (χ1v) is 9.85. The van der Waals surface area contributed by atoms with Crippen molar-refractivity contribution in [2.45, 2.75) is 25.8 Å². The number of hydrogen-bond donors (Lipinski definition) is 1. The monoisotopic (exact) mass is 398 g/mol. The number of nitrogens with zero attached hydrogens (tertiary/aromatic N) is 1. The third kappa shape index (κ3) is 4.25. The Hall–Kier alpha value is -2.66. The van der Waals surface area contributed by atoms with Gasteiger partial charge in [-0.2, -0.15) is 0 Å². The molecule has 1 saturated heterocycles. The zero-order chi connectivity index (χ0) is 19.5. The van der Waals surface area contributed by atoms with E-state index in [9.17, 15) is 4.79 Å². The van der Waals surface area contributed by atoms with Gasteiger partial charge in [0.1, 0.15) is 0 Å². The molecule has 0 unspecified atom stereocenters. The number of likely N-dealkylation sites (tertiary alicyclic amines) is 1. The lowest BCUT2D eigenvalue weighted by Crippen LogP contribution is -2.41. The van der Waals surface area contributed by atoms with E-state index in [2.05, 4.69) is 36.5 Å². The molecule has 0 saturated carbocycles. The van der Waals surface area contributed by atoms with Crippen LogP contribution < -0.4 is 14.8 Å². The van der Waals surface area contributed by atoms with Gasteiger partial charge >= 0.3 is 0 Å². The number of aryl methyl sites for hydroxylation is 1. The highest BCUT2D eigenvalue weighted by Gasteiger charge is 2.22. The van der Waals surface area contributed by atoms with Gasteiger partial charge < -0.3 is 19.7 Å². The van der Waals surface area contributed by atoms with E-state index >= 15 is 0 Å². The first-order chi connectivity index (χ1) is 13.6. The number of rotatable bonds is 4. The molecule has 146 valence electrons. The maximum Gasteiger partial charge on any atom is 0.246 e. The summed E-state index contributed by atoms with van der Waals surface area (Å²) < 4.78 is 10.7. The van der Waals surface area contributed by atoms with Crippen molar-refractivity contribution in [3.05, 3.63) is 58.6 Å². The van der Waals surface area contributed by atoms with E-state index in [0.29, 0.717) is 22.6 Å². The van der Waals surface area contributed by atoms with Crippen LogP contribution in [-0.2, 0) is 4.79 Å². The fourth-order valence-corrected chi connectivity index (χ4v) is 3.76. The number of piperidine rings is 1. The van der Waals surface area contributed by atoms with Crippen LogP contribution in [0.1, 0.15) is 24.0 Å². The molecule has 2 aromatic rings. The molecule has 1 fully saturated rings. The minimum absolute atomic E-state index is 0.0163. The molecule has 6 heteroatoms. The van der Waals surface area contributed by atoms with Gasteiger partial charge in [-0.15, -0.1) is 0 Å². The Morgan fingerprint density at radius 2 is 1.93 bits per heavy atom. The Labute approximate surface area is 169 Å². The van der Waals surface area contributed by atoms with Crippen LogP contribution in [0.15, 0.2) is 42.5 Å². The quantitative estimate of drug-likeness (QED) is 0.771. The van der Waals surface area contributed by atoms with Gasteiger partial charge in [-0.25, -0.2) is 0 Å². The molecule has 4 rings (SSSR count). The van der Waals surface area contributed by atoms with Crippen molar-refractivity contribution >= 4 is 29.3 Å². The summed E-state index contributed by atoms with van der Waals surface area (Å²) in [6.07, 6.45) is 5.24. The highest BCUT2D eigenvalue weighted by Crippen LogP contribution is 2.40. The van der Waals surface area contributed by atoms with E-state index < -0.39 is 0 Å². The molecule has 2 aliphatic heterocycles. The Balaban J connectivity index is 1.31. The number of carbonyl (C=O) groups excluding carboxylic acids is 1. The van der Waals surface area contributed by atoms with Crippen LogP contribution in [0, 0.1) is 6.92 Å². The van der Waals surface area contributed by atoms with Gasteiger partial charge in [-0.3, -0.25) is 4.79 Å². The van der Waals surface area contributed by atoms with Crippen molar-refractivity contribution in [1.29, 1.82) is 0 Å². The number of benzene rings is 2. The summed E-state index contributed by atoms with van der Waals surface area (Å²) in [5.41, 5.74) is 3.20. The third-order valence-corrected chi connectivity index (χ3v) is 5.38. The van der Waals surface area contributed by atoms with Crippen LogP contribution in [-0.4, -0.2) is 36.7 Å². The summed E-state index contributed by atoms with van der Waals surface area (Å²) in [7, 11) is 0. The molecule has 1 amide bonds. The Morgan fingerprint density at radius 3 is 2.68 bits per heavy atom. The molecule has 0 radical (unpaired) electrons. The molecular formula is C22H23ClN2O3. The summed E-state index contributed by atoms with van der Waals surface area (Å²) in [5.74, 6) is 1.19. The van der Waals surface area contributed by atoms with Crippen molar-refractivity contribution in [2.75, 3.05) is 25.2 Å². The van der Waals surface area contributed by atoms with Crippen LogP contribution in [0.5, 0.6) is 11.5 Å². The average Bonchev–Trinajstić information content (AvgIpc) is 3.18. The number of hydrogen-bond acceptors (Lipinski definition) is 4. The minimum Gasteiger partial charge on any atom is -0.454 e. The average molecular weight is 399 g/mol. The molecule has 5 nitrogen and oxygen atoms in total. The normalized spacial score (nSPS) is 16.6. The Morgan fingerprint density at radius 1 is 1.18 bits per heavy atom. The van der Waals surface area contributed by atoms with Crippen molar-refractivity contribution in [2.24, 2.45) is 0 Å². The number of carbonyl (C=O) groups is 1. The van der Waals surface area contributed by atoms with E-state index in [1.165, 1.54) is 5.56 Å². The van der Waals surface area contributed by atoms with Gasteiger partial charge in [0, 0.05) is 30.9 Å². The molecule has 0 spiro atoms. The van der Waals surface area contributed by atoms with Crippen molar-refractivity contribution in [3.8, 4) is 11.5 Å². The van der Waals surface area contributed by atoms with E-state index in [1.807, 2.05) is 11.0 Å². The molecule has 28 heavy (non-hydrogen) atoms. The second-order valence-electron chi connectivity index (χ2n) is 7.18. The highest BCUT2D eigenvalue weighted by molar-refractivity contribution is 6.32. The van der Waals surface area contributed by atoms with Gasteiger partial charge in [0.2, 0.25) is 12.7 Å². The zero-order valence-electron chi connectivity index (χ0n) is 15.8. The van der Waals surface area contributed by atoms with E-state index in [-0.39, 0.29) is 12.7 Å². The second kappa shape index (κ2) is 8.15. The standard InChI is InChI=1S/C22H23ClN2O3/c1-15-2-5-17(6-3-15)24-18-8-10-25(11-9-18)21(26)7-4-16-12-19(23)22-20(13-16)27-14-28-22/h2-7,12-13,18,24H,8-11,14H2,1H3/b7-4-. The number of nitrogens with one attached hydrogen (secondary N) is 1. The summed E-state index contributed by atoms with van der Waals surface area (Å²) in [5, 5.41) is 4.05. The van der Waals surface area contributed by atoms with Crippen molar-refractivity contribution < 1.29 is 14.3 Å². The number of fused-ring (bicyclic) bond motifs is 1. The predicted octanol–water partition coefficient (Wildman–Crippen LogP) is 4.49. The molecule has 1 N–H and O–H groups in total. The molecule has 2 aliphatic rings. The molecule has 0 atom stereocenters. The molecule has 0 aliphatic carbocycles. The number of ether oxygens (including phenoxy) is 2. The van der Waals surface area contributed by atoms with Crippen LogP contribution >= 0.6 is 11.6 Å². The first kappa shape index (κ1) is 18.7. The van der Waals surface area contributed by atoms with Gasteiger partial charge in [-0.1, -0.05) is 29.3 Å². The smallest absolute Gasteiger partial charge is 0.246 e. The van der Waals surface area contributed by atoms with Gasteiger partial charge in [-0.05, 0) is 55.7 Å². The van der Waals surface area contributed by atoms with Gasteiger partial charge in [0.05, 0.1) is 5.02 Å². The van der Waals surface area contributed by atoms with E-state index in [0.717, 1.165) is 37.2 Å². The zero-order valence-corrected chi connectivity index (χ0v) is 16.5. The molecule has 2 heterocycles. The fraction of sp³-hybridized carbons (Fsp3) is 0.318. The third-order valence-electron chi connectivity index (χ3n) is 5.10. The summed E-state index contributed by atoms with van der Waals surface area (Å²) >= 11 is 6.19. The van der Waals surface area contributed by atoms with Crippen LogP contribution in [0.3, 0.4) is 0 Å². The van der Waals surface area contributed by atoms with Crippen LogP contribution in [0.2, 0.25) is 5.02 Å². The lowest BCUT2D eigenvalue weighted by atomic mass is 10.0. The Bertz CT molecular complexity index is 887. The van der Waals surface area contributed by atoms with Gasteiger partial charge in [0.15, 0.2) is 11.5 Å². The largest absolute Gasteiger partial charge is 0.454 e. The van der Waals surface area contributed by atoms with Crippen molar-refractivity contribution in [3.63, 3.8) is 0 Å².